The standard InChI is InChI=1S/C21H30O9.K/c1-2-7-25-8-9-26-10-11-27-12-13-28-14-15-29-16-17-30-21(24)19-6-4-3-5-18(19)20(22)23;/h2-6H,1,7-17H2,(H,22,23);/q;+1/p-1. The maximum Gasteiger partial charge on any atom is 1.00 e. The summed E-state index contributed by atoms with van der Waals surface area (Å²) in [6, 6.07) is 5.72. The van der Waals surface area contributed by atoms with E-state index in [1.54, 1.807) is 12.1 Å². The second-order valence-corrected chi connectivity index (χ2v) is 5.78. The molecule has 0 heterocycles. The number of esters is 1. The first-order valence-electron chi connectivity index (χ1n) is 9.64. The molecule has 1 rings (SSSR count). The molecule has 0 saturated carbocycles. The van der Waals surface area contributed by atoms with E-state index in [0.717, 1.165) is 0 Å². The normalized spacial score (nSPS) is 10.3. The zero-order valence-corrected chi connectivity index (χ0v) is 21.2. The smallest absolute Gasteiger partial charge is 0.545 e. The van der Waals surface area contributed by atoms with E-state index < -0.39 is 11.9 Å². The average molecular weight is 465 g/mol. The Kier molecular flexibility index (Phi) is 20.7. The molecule has 0 aliphatic carbocycles. The van der Waals surface area contributed by atoms with Gasteiger partial charge in [0.15, 0.2) is 0 Å². The van der Waals surface area contributed by atoms with E-state index in [4.69, 9.17) is 28.4 Å². The molecule has 9 nitrogen and oxygen atoms in total. The Hall–Kier alpha value is -0.664. The van der Waals surface area contributed by atoms with Crippen molar-refractivity contribution in [1.82, 2.24) is 0 Å². The molecule has 1 aromatic carbocycles. The van der Waals surface area contributed by atoms with E-state index in [-0.39, 0.29) is 75.7 Å². The number of carbonyl (C=O) groups excluding carboxylic acids is 2. The average Bonchev–Trinajstić information content (AvgIpc) is 2.75. The molecule has 0 bridgehead atoms. The Labute approximate surface area is 225 Å². The van der Waals surface area contributed by atoms with Gasteiger partial charge in [-0.3, -0.25) is 0 Å². The van der Waals surface area contributed by atoms with E-state index in [2.05, 4.69) is 6.58 Å². The third-order valence-electron chi connectivity index (χ3n) is 3.55. The van der Waals surface area contributed by atoms with Gasteiger partial charge in [-0.2, -0.15) is 0 Å². The van der Waals surface area contributed by atoms with Crippen LogP contribution in [0.3, 0.4) is 0 Å². The van der Waals surface area contributed by atoms with Gasteiger partial charge in [0, 0.05) is 5.56 Å². The third-order valence-corrected chi connectivity index (χ3v) is 3.55. The van der Waals surface area contributed by atoms with Gasteiger partial charge in [0.2, 0.25) is 0 Å². The number of hydrogen-bond donors (Lipinski definition) is 0. The summed E-state index contributed by atoms with van der Waals surface area (Å²) < 4.78 is 31.5. The summed E-state index contributed by atoms with van der Waals surface area (Å²) in [5, 5.41) is 11.0. The predicted molar refractivity (Wildman–Crippen MR) is 105 cm³/mol. The fourth-order valence-electron chi connectivity index (χ4n) is 2.16. The van der Waals surface area contributed by atoms with E-state index in [1.807, 2.05) is 0 Å². The monoisotopic (exact) mass is 464 g/mol. The number of carbonyl (C=O) groups is 2. The van der Waals surface area contributed by atoms with Gasteiger partial charge >= 0.3 is 57.4 Å². The fraction of sp³-hybridized carbons (Fsp3) is 0.524. The van der Waals surface area contributed by atoms with E-state index in [0.29, 0.717) is 59.5 Å². The van der Waals surface area contributed by atoms with Crippen LogP contribution in [0, 0.1) is 0 Å². The first-order chi connectivity index (χ1) is 14.7. The van der Waals surface area contributed by atoms with Crippen molar-refractivity contribution in [3.05, 3.63) is 48.0 Å². The molecule has 168 valence electrons. The second-order valence-electron chi connectivity index (χ2n) is 5.78. The summed E-state index contributed by atoms with van der Waals surface area (Å²) in [4.78, 5) is 22.9. The van der Waals surface area contributed by atoms with Crippen LogP contribution in [0.15, 0.2) is 36.9 Å². The largest absolute Gasteiger partial charge is 1.00 e. The van der Waals surface area contributed by atoms with Gasteiger partial charge in [0.05, 0.1) is 77.6 Å². The van der Waals surface area contributed by atoms with Gasteiger partial charge in [-0.15, -0.1) is 6.58 Å². The van der Waals surface area contributed by atoms with Crippen molar-refractivity contribution in [2.45, 2.75) is 0 Å². The predicted octanol–water partition coefficient (Wildman–Crippen LogP) is -2.52. The topological polar surface area (TPSA) is 113 Å². The maximum absolute atomic E-state index is 11.9. The molecule has 0 aromatic heterocycles. The summed E-state index contributed by atoms with van der Waals surface area (Å²) in [5.74, 6) is -2.17. The molecule has 0 amide bonds. The first-order valence-corrected chi connectivity index (χ1v) is 9.64. The maximum atomic E-state index is 11.9. The Balaban J connectivity index is 0.00000900. The Morgan fingerprint density at radius 3 is 1.61 bits per heavy atom. The summed E-state index contributed by atoms with van der Waals surface area (Å²) in [6.45, 7) is 7.86. The van der Waals surface area contributed by atoms with Gasteiger partial charge in [-0.25, -0.2) is 4.79 Å². The third kappa shape index (κ3) is 15.7. The van der Waals surface area contributed by atoms with Crippen LogP contribution < -0.4 is 56.5 Å². The van der Waals surface area contributed by atoms with Crippen LogP contribution >= 0.6 is 0 Å². The van der Waals surface area contributed by atoms with Crippen molar-refractivity contribution in [1.29, 1.82) is 0 Å². The molecule has 0 N–H and O–H groups in total. The molecule has 10 heteroatoms. The second kappa shape index (κ2) is 21.2. The van der Waals surface area contributed by atoms with Crippen molar-refractivity contribution in [2.75, 3.05) is 72.7 Å². The van der Waals surface area contributed by atoms with Crippen molar-refractivity contribution in [3.8, 4) is 0 Å². The van der Waals surface area contributed by atoms with E-state index in [1.165, 1.54) is 18.2 Å². The quantitative estimate of drug-likeness (QED) is 0.0947. The van der Waals surface area contributed by atoms with Crippen LogP contribution in [0.2, 0.25) is 0 Å². The van der Waals surface area contributed by atoms with Crippen LogP contribution in [0.4, 0.5) is 0 Å². The van der Waals surface area contributed by atoms with Crippen LogP contribution in [0.1, 0.15) is 20.7 Å². The van der Waals surface area contributed by atoms with Gasteiger partial charge in [0.1, 0.15) is 6.61 Å². The van der Waals surface area contributed by atoms with E-state index >= 15 is 0 Å². The summed E-state index contributed by atoms with van der Waals surface area (Å²) in [6.07, 6.45) is 1.69. The van der Waals surface area contributed by atoms with Gasteiger partial charge < -0.3 is 38.3 Å². The van der Waals surface area contributed by atoms with Crippen LogP contribution in [-0.4, -0.2) is 84.6 Å². The Bertz CT molecular complexity index is 625. The number of rotatable bonds is 19. The van der Waals surface area contributed by atoms with Crippen molar-refractivity contribution in [2.24, 2.45) is 0 Å². The van der Waals surface area contributed by atoms with Gasteiger partial charge in [0.25, 0.3) is 0 Å². The summed E-state index contributed by atoms with van der Waals surface area (Å²) >= 11 is 0. The molecule has 0 atom stereocenters. The minimum absolute atomic E-state index is 0. The van der Waals surface area contributed by atoms with Crippen molar-refractivity contribution >= 4 is 11.9 Å². The minimum Gasteiger partial charge on any atom is -0.545 e. The molecule has 0 aliphatic rings. The zero-order valence-electron chi connectivity index (χ0n) is 18.0. The number of aromatic carboxylic acids is 1. The van der Waals surface area contributed by atoms with Crippen LogP contribution in [0.5, 0.6) is 0 Å². The number of carboxylic acid groups (broad SMARTS) is 1. The number of ether oxygens (including phenoxy) is 6. The molecule has 0 spiro atoms. The first kappa shape index (κ1) is 30.3. The molecule has 0 unspecified atom stereocenters. The SMILES string of the molecule is C=CCOCCOCCOCCOCCOCCOC(=O)c1ccccc1C(=O)[O-].[K+]. The number of carboxylic acids is 1. The summed E-state index contributed by atoms with van der Waals surface area (Å²) in [5.41, 5.74) is -0.254. The molecular formula is C21H29KO9. The van der Waals surface area contributed by atoms with Gasteiger partial charge in [-0.05, 0) is 6.07 Å². The van der Waals surface area contributed by atoms with Crippen LogP contribution in [0.25, 0.3) is 0 Å². The molecule has 0 saturated heterocycles. The Morgan fingerprint density at radius 1 is 0.742 bits per heavy atom. The Morgan fingerprint density at radius 2 is 1.16 bits per heavy atom. The molecule has 0 fully saturated rings. The molecule has 1 aromatic rings. The van der Waals surface area contributed by atoms with Crippen molar-refractivity contribution < 1.29 is 94.5 Å². The van der Waals surface area contributed by atoms with Gasteiger partial charge in [-0.1, -0.05) is 24.3 Å². The number of hydrogen-bond acceptors (Lipinski definition) is 9. The summed E-state index contributed by atoms with van der Waals surface area (Å²) in [7, 11) is 0. The number of benzene rings is 1. The fourth-order valence-corrected chi connectivity index (χ4v) is 2.16. The minimum atomic E-state index is -1.43. The molecule has 0 radical (unpaired) electrons. The molecular weight excluding hydrogens is 435 g/mol. The zero-order chi connectivity index (χ0) is 21.9. The van der Waals surface area contributed by atoms with E-state index in [9.17, 15) is 14.7 Å². The molecule has 0 aliphatic heterocycles. The molecule has 31 heavy (non-hydrogen) atoms. The van der Waals surface area contributed by atoms with Crippen LogP contribution in [-0.2, 0) is 28.4 Å². The van der Waals surface area contributed by atoms with Crippen molar-refractivity contribution in [3.63, 3.8) is 0 Å².